The average Bonchev–Trinajstić information content (AvgIpc) is 3.35. The van der Waals surface area contributed by atoms with Crippen molar-refractivity contribution in [3.8, 4) is 5.88 Å². The van der Waals surface area contributed by atoms with Gasteiger partial charge in [0.2, 0.25) is 5.88 Å². The molecule has 0 radical (unpaired) electrons. The Balaban J connectivity index is 1.47. The molecule has 132 valence electrons. The van der Waals surface area contributed by atoms with Crippen molar-refractivity contribution in [3.63, 3.8) is 0 Å². The van der Waals surface area contributed by atoms with E-state index in [4.69, 9.17) is 13.9 Å². The molecule has 2 aromatic rings. The molecule has 2 aliphatic rings. The molecule has 1 N–H and O–H groups in total. The van der Waals surface area contributed by atoms with Crippen LogP contribution in [-0.2, 0) is 4.74 Å². The number of anilines is 1. The van der Waals surface area contributed by atoms with Gasteiger partial charge in [0.05, 0.1) is 26.6 Å². The second-order valence-corrected chi connectivity index (χ2v) is 6.53. The van der Waals surface area contributed by atoms with Crippen molar-refractivity contribution >= 4 is 11.7 Å². The molecule has 2 saturated heterocycles. The van der Waals surface area contributed by atoms with Crippen LogP contribution < -0.4 is 15.0 Å². The minimum atomic E-state index is -0.202. The van der Waals surface area contributed by atoms with Gasteiger partial charge >= 0.3 is 0 Å². The fourth-order valence-corrected chi connectivity index (χ4v) is 3.62. The molecule has 4 heterocycles. The highest BCUT2D eigenvalue weighted by atomic mass is 16.5. The minimum Gasteiger partial charge on any atom is -0.481 e. The van der Waals surface area contributed by atoms with Crippen molar-refractivity contribution in [2.24, 2.45) is 11.3 Å². The molecule has 2 atom stereocenters. The first-order chi connectivity index (χ1) is 12.2. The molecule has 0 unspecified atom stereocenters. The lowest BCUT2D eigenvalue weighted by Gasteiger charge is -2.27. The van der Waals surface area contributed by atoms with E-state index in [1.54, 1.807) is 19.2 Å². The summed E-state index contributed by atoms with van der Waals surface area (Å²) >= 11 is 0. The van der Waals surface area contributed by atoms with E-state index >= 15 is 0 Å². The van der Waals surface area contributed by atoms with Gasteiger partial charge in [0, 0.05) is 37.0 Å². The van der Waals surface area contributed by atoms with Gasteiger partial charge in [-0.1, -0.05) is 0 Å². The van der Waals surface area contributed by atoms with Gasteiger partial charge in [-0.3, -0.25) is 4.79 Å². The first-order valence-corrected chi connectivity index (χ1v) is 8.21. The quantitative estimate of drug-likeness (QED) is 0.864. The zero-order chi connectivity index (χ0) is 17.3. The summed E-state index contributed by atoms with van der Waals surface area (Å²) in [5.41, 5.74) is -0.125. The number of ether oxygens (including phenoxy) is 2. The Bertz CT molecular complexity index is 751. The van der Waals surface area contributed by atoms with Crippen molar-refractivity contribution in [3.05, 3.63) is 36.5 Å². The van der Waals surface area contributed by atoms with Gasteiger partial charge in [-0.2, -0.15) is 0 Å². The van der Waals surface area contributed by atoms with E-state index in [0.717, 1.165) is 18.9 Å². The van der Waals surface area contributed by atoms with Gasteiger partial charge in [0.25, 0.3) is 5.91 Å². The number of fused-ring (bicyclic) bond motifs is 1. The van der Waals surface area contributed by atoms with Crippen LogP contribution in [0.1, 0.15) is 10.6 Å². The molecule has 0 spiro atoms. The van der Waals surface area contributed by atoms with Crippen LogP contribution in [0.4, 0.5) is 5.82 Å². The van der Waals surface area contributed by atoms with E-state index in [2.05, 4.69) is 20.2 Å². The molecule has 0 bridgehead atoms. The molecule has 1 amide bonds. The van der Waals surface area contributed by atoms with Gasteiger partial charge in [-0.15, -0.1) is 0 Å². The average molecular weight is 344 g/mol. The predicted molar refractivity (Wildman–Crippen MR) is 88.6 cm³/mol. The number of amides is 1. The Morgan fingerprint density at radius 2 is 2.44 bits per heavy atom. The van der Waals surface area contributed by atoms with Gasteiger partial charge < -0.3 is 24.1 Å². The lowest BCUT2D eigenvalue weighted by molar-refractivity contribution is 0.0892. The lowest BCUT2D eigenvalue weighted by atomic mass is 9.81. The Kier molecular flexibility index (Phi) is 4.04. The maximum Gasteiger partial charge on any atom is 0.286 e. The lowest BCUT2D eigenvalue weighted by Crippen LogP contribution is -2.43. The fraction of sp³-hybridized carbons (Fsp3) is 0.471. The topological polar surface area (TPSA) is 89.7 Å². The van der Waals surface area contributed by atoms with Crippen LogP contribution in [0.25, 0.3) is 0 Å². The highest BCUT2D eigenvalue weighted by Crippen LogP contribution is 2.42. The highest BCUT2D eigenvalue weighted by molar-refractivity contribution is 5.91. The molecule has 25 heavy (non-hydrogen) atoms. The second kappa shape index (κ2) is 6.36. The maximum absolute atomic E-state index is 12.2. The first-order valence-electron chi connectivity index (χ1n) is 8.21. The van der Waals surface area contributed by atoms with Crippen molar-refractivity contribution in [1.82, 2.24) is 15.3 Å². The van der Waals surface area contributed by atoms with Gasteiger partial charge in [0.1, 0.15) is 12.1 Å². The Morgan fingerprint density at radius 3 is 3.24 bits per heavy atom. The molecule has 4 rings (SSSR count). The fourth-order valence-electron chi connectivity index (χ4n) is 3.62. The third kappa shape index (κ3) is 2.93. The number of aromatic nitrogens is 2. The van der Waals surface area contributed by atoms with Crippen LogP contribution >= 0.6 is 0 Å². The minimum absolute atomic E-state index is 0.125. The predicted octanol–water partition coefficient (Wildman–Crippen LogP) is 0.961. The van der Waals surface area contributed by atoms with Crippen molar-refractivity contribution in [2.75, 3.05) is 44.9 Å². The van der Waals surface area contributed by atoms with E-state index in [0.29, 0.717) is 37.3 Å². The Morgan fingerprint density at radius 1 is 1.52 bits per heavy atom. The molecule has 2 aromatic heterocycles. The molecular formula is C17H20N4O4. The highest BCUT2D eigenvalue weighted by Gasteiger charge is 2.51. The molecule has 2 aliphatic heterocycles. The van der Waals surface area contributed by atoms with E-state index in [1.165, 1.54) is 12.6 Å². The van der Waals surface area contributed by atoms with E-state index in [1.807, 2.05) is 6.07 Å². The van der Waals surface area contributed by atoms with Crippen LogP contribution in [0.3, 0.4) is 0 Å². The number of carbonyl (C=O) groups is 1. The van der Waals surface area contributed by atoms with Gasteiger partial charge in [-0.25, -0.2) is 9.97 Å². The molecule has 8 nitrogen and oxygen atoms in total. The summed E-state index contributed by atoms with van der Waals surface area (Å²) in [5.74, 6) is 1.83. The number of methoxy groups -OCH3 is 1. The zero-order valence-electron chi connectivity index (χ0n) is 14.0. The number of hydrogen-bond donors (Lipinski definition) is 1. The normalized spacial score (nSPS) is 25.0. The molecular weight excluding hydrogens is 324 g/mol. The number of furan rings is 1. The Hall–Kier alpha value is -2.61. The monoisotopic (exact) mass is 344 g/mol. The van der Waals surface area contributed by atoms with Gasteiger partial charge in [0.15, 0.2) is 5.76 Å². The van der Waals surface area contributed by atoms with Crippen LogP contribution in [0, 0.1) is 11.3 Å². The second-order valence-electron chi connectivity index (χ2n) is 6.53. The third-order valence-electron chi connectivity index (χ3n) is 5.03. The summed E-state index contributed by atoms with van der Waals surface area (Å²) in [6.07, 6.45) is 3.00. The number of rotatable bonds is 5. The number of hydrogen-bond acceptors (Lipinski definition) is 7. The first kappa shape index (κ1) is 15.9. The van der Waals surface area contributed by atoms with E-state index in [9.17, 15) is 4.79 Å². The third-order valence-corrected chi connectivity index (χ3v) is 5.03. The molecule has 0 saturated carbocycles. The zero-order valence-corrected chi connectivity index (χ0v) is 14.0. The summed E-state index contributed by atoms with van der Waals surface area (Å²) in [4.78, 5) is 22.8. The van der Waals surface area contributed by atoms with Crippen LogP contribution in [0.2, 0.25) is 0 Å². The van der Waals surface area contributed by atoms with E-state index in [-0.39, 0.29) is 11.3 Å². The van der Waals surface area contributed by atoms with Gasteiger partial charge in [-0.05, 0) is 12.1 Å². The molecule has 2 fully saturated rings. The van der Waals surface area contributed by atoms with Crippen LogP contribution in [-0.4, -0.2) is 55.8 Å². The number of nitrogens with one attached hydrogen (secondary N) is 1. The molecule has 0 aromatic carbocycles. The summed E-state index contributed by atoms with van der Waals surface area (Å²) < 4.78 is 16.0. The van der Waals surface area contributed by atoms with Crippen LogP contribution in [0.5, 0.6) is 5.88 Å². The van der Waals surface area contributed by atoms with Crippen molar-refractivity contribution < 1.29 is 18.7 Å². The Labute approximate surface area is 145 Å². The smallest absolute Gasteiger partial charge is 0.286 e. The summed E-state index contributed by atoms with van der Waals surface area (Å²) in [6.45, 7) is 3.44. The summed E-state index contributed by atoms with van der Waals surface area (Å²) in [5, 5.41) is 2.99. The SMILES string of the molecule is COc1cc(N2C[C@@H]3COC[C@]3(CNC(=O)c3ccco3)C2)ncn1. The number of carbonyl (C=O) groups excluding carboxylic acids is 1. The van der Waals surface area contributed by atoms with Crippen molar-refractivity contribution in [1.29, 1.82) is 0 Å². The molecule has 0 aliphatic carbocycles. The standard InChI is InChI=1S/C17H20N4O4/c1-23-15-5-14(19-11-20-15)21-6-12-7-24-10-17(12,9-21)8-18-16(22)13-3-2-4-25-13/h2-5,11-12H,6-10H2,1H3,(H,18,22)/t12-,17+/m1/s1. The van der Waals surface area contributed by atoms with E-state index < -0.39 is 0 Å². The summed E-state index contributed by atoms with van der Waals surface area (Å²) in [6, 6.07) is 5.19. The van der Waals surface area contributed by atoms with Crippen LogP contribution in [0.15, 0.2) is 35.2 Å². The molecule has 8 heteroatoms. The number of nitrogens with zero attached hydrogens (tertiary/aromatic N) is 3. The summed E-state index contributed by atoms with van der Waals surface area (Å²) in [7, 11) is 1.59. The maximum atomic E-state index is 12.2. The largest absolute Gasteiger partial charge is 0.481 e. The van der Waals surface area contributed by atoms with Crippen molar-refractivity contribution in [2.45, 2.75) is 0 Å².